The molecular weight excluding hydrogens is 256 g/mol. The highest BCUT2D eigenvalue weighted by atomic mass is 32.1. The molecule has 0 spiro atoms. The van der Waals surface area contributed by atoms with Crippen LogP contribution in [0.1, 0.15) is 30.4 Å². The quantitative estimate of drug-likeness (QED) is 0.833. The Labute approximate surface area is 118 Å². The van der Waals surface area contributed by atoms with Gasteiger partial charge in [-0.25, -0.2) is 0 Å². The average Bonchev–Trinajstić information content (AvgIpc) is 2.86. The van der Waals surface area contributed by atoms with E-state index < -0.39 is 0 Å². The molecule has 2 aliphatic rings. The third-order valence-corrected chi connectivity index (χ3v) is 4.72. The summed E-state index contributed by atoms with van der Waals surface area (Å²) in [6, 6.07) is 5.70. The van der Waals surface area contributed by atoms with E-state index in [-0.39, 0.29) is 11.8 Å². The molecule has 4 heteroatoms. The topological polar surface area (TPSA) is 55.1 Å². The minimum Gasteiger partial charge on any atom is -0.389 e. The van der Waals surface area contributed by atoms with Crippen molar-refractivity contribution in [3.05, 3.63) is 29.3 Å². The second-order valence-electron chi connectivity index (χ2n) is 5.67. The van der Waals surface area contributed by atoms with E-state index in [9.17, 15) is 4.79 Å². The summed E-state index contributed by atoms with van der Waals surface area (Å²) in [7, 11) is 0. The number of fused-ring (bicyclic) bond motifs is 1. The van der Waals surface area contributed by atoms with Crippen molar-refractivity contribution in [1.29, 1.82) is 0 Å². The highest BCUT2D eigenvalue weighted by Gasteiger charge is 2.56. The highest BCUT2D eigenvalue weighted by molar-refractivity contribution is 7.80. The van der Waals surface area contributed by atoms with Crippen LogP contribution >= 0.6 is 12.2 Å². The Hall–Kier alpha value is -1.42. The molecule has 2 atom stereocenters. The van der Waals surface area contributed by atoms with Gasteiger partial charge in [0.2, 0.25) is 5.91 Å². The molecular formula is C15H18N2OS. The molecule has 2 saturated carbocycles. The van der Waals surface area contributed by atoms with Crippen LogP contribution in [0.2, 0.25) is 0 Å². The molecule has 2 fully saturated rings. The number of benzene rings is 1. The van der Waals surface area contributed by atoms with Crippen molar-refractivity contribution < 1.29 is 4.79 Å². The van der Waals surface area contributed by atoms with Gasteiger partial charge in [0.1, 0.15) is 4.99 Å². The predicted octanol–water partition coefficient (Wildman–Crippen LogP) is 2.61. The average molecular weight is 274 g/mol. The molecule has 0 heterocycles. The van der Waals surface area contributed by atoms with Gasteiger partial charge < -0.3 is 11.1 Å². The molecule has 3 N–H and O–H groups in total. The largest absolute Gasteiger partial charge is 0.389 e. The Bertz CT molecular complexity index is 545. The number of nitrogens with one attached hydrogen (secondary N) is 1. The summed E-state index contributed by atoms with van der Waals surface area (Å²) >= 11 is 4.97. The number of carbonyl (C=O) groups excluding carboxylic acids is 1. The number of aryl methyl sites for hydroxylation is 1. The lowest BCUT2D eigenvalue weighted by Crippen LogP contribution is -2.18. The smallest absolute Gasteiger partial charge is 0.228 e. The number of hydrogen-bond donors (Lipinski definition) is 2. The summed E-state index contributed by atoms with van der Waals surface area (Å²) in [6.07, 6.45) is 3.72. The van der Waals surface area contributed by atoms with E-state index in [1.807, 2.05) is 25.1 Å². The van der Waals surface area contributed by atoms with Gasteiger partial charge in [0.25, 0.3) is 0 Å². The van der Waals surface area contributed by atoms with Crippen LogP contribution in [0.15, 0.2) is 18.2 Å². The van der Waals surface area contributed by atoms with Gasteiger partial charge in [-0.1, -0.05) is 30.8 Å². The van der Waals surface area contributed by atoms with E-state index in [1.165, 1.54) is 19.3 Å². The van der Waals surface area contributed by atoms with Gasteiger partial charge in [-0.2, -0.15) is 0 Å². The Morgan fingerprint density at radius 1 is 1.37 bits per heavy atom. The fourth-order valence-corrected chi connectivity index (χ4v) is 3.46. The molecule has 0 aromatic heterocycles. The number of hydrogen-bond acceptors (Lipinski definition) is 2. The molecule has 0 saturated heterocycles. The molecule has 1 amide bonds. The van der Waals surface area contributed by atoms with E-state index in [0.717, 1.165) is 16.8 Å². The maximum Gasteiger partial charge on any atom is 0.228 e. The van der Waals surface area contributed by atoms with Gasteiger partial charge in [0.05, 0.1) is 0 Å². The van der Waals surface area contributed by atoms with Crippen LogP contribution in [-0.2, 0) is 4.79 Å². The van der Waals surface area contributed by atoms with Crippen LogP contribution < -0.4 is 11.1 Å². The number of nitrogens with two attached hydrogens (primary N) is 1. The number of rotatable bonds is 3. The molecule has 1 aromatic rings. The summed E-state index contributed by atoms with van der Waals surface area (Å²) in [6.45, 7) is 1.98. The van der Waals surface area contributed by atoms with Gasteiger partial charge in [-0.15, -0.1) is 0 Å². The zero-order valence-corrected chi connectivity index (χ0v) is 11.8. The zero-order valence-electron chi connectivity index (χ0n) is 11.0. The van der Waals surface area contributed by atoms with E-state index in [0.29, 0.717) is 16.8 Å². The van der Waals surface area contributed by atoms with Gasteiger partial charge in [0.15, 0.2) is 0 Å². The van der Waals surface area contributed by atoms with Crippen molar-refractivity contribution in [2.24, 2.45) is 23.5 Å². The van der Waals surface area contributed by atoms with Crippen molar-refractivity contribution in [3.8, 4) is 0 Å². The monoisotopic (exact) mass is 274 g/mol. The Balaban J connectivity index is 1.74. The van der Waals surface area contributed by atoms with E-state index >= 15 is 0 Å². The van der Waals surface area contributed by atoms with E-state index in [1.54, 1.807) is 0 Å². The first kappa shape index (κ1) is 12.6. The summed E-state index contributed by atoms with van der Waals surface area (Å²) < 4.78 is 0. The predicted molar refractivity (Wildman–Crippen MR) is 80.0 cm³/mol. The molecule has 3 rings (SSSR count). The lowest BCUT2D eigenvalue weighted by molar-refractivity contribution is -0.118. The lowest BCUT2D eigenvalue weighted by Gasteiger charge is -2.11. The molecule has 100 valence electrons. The van der Waals surface area contributed by atoms with Crippen LogP contribution in [0.25, 0.3) is 0 Å². The van der Waals surface area contributed by atoms with Crippen molar-refractivity contribution in [2.45, 2.75) is 26.2 Å². The maximum absolute atomic E-state index is 12.2. The molecule has 0 bridgehead atoms. The minimum atomic E-state index is 0.165. The third kappa shape index (κ3) is 2.25. The van der Waals surface area contributed by atoms with Crippen LogP contribution in [0, 0.1) is 24.7 Å². The van der Waals surface area contributed by atoms with Gasteiger partial charge in [-0.3, -0.25) is 4.79 Å². The lowest BCUT2D eigenvalue weighted by atomic mass is 10.1. The Morgan fingerprint density at radius 3 is 2.68 bits per heavy atom. The minimum absolute atomic E-state index is 0.165. The standard InChI is InChI=1S/C15H18N2OS/c1-8-5-6-9(14(16)19)7-12(8)17-15(18)13-10-3-2-4-11(10)13/h5-7,10-11,13H,2-4H2,1H3,(H2,16,19)(H,17,18). The SMILES string of the molecule is Cc1ccc(C(N)=S)cc1NC(=O)C1C2CCCC21. The van der Waals surface area contributed by atoms with Crippen molar-refractivity contribution >= 4 is 28.8 Å². The summed E-state index contributed by atoms with van der Waals surface area (Å²) in [5, 5.41) is 3.04. The fraction of sp³-hybridized carbons (Fsp3) is 0.467. The first-order valence-corrected chi connectivity index (χ1v) is 7.20. The molecule has 19 heavy (non-hydrogen) atoms. The normalized spacial score (nSPS) is 27.7. The first-order valence-electron chi connectivity index (χ1n) is 6.79. The molecule has 1 aromatic carbocycles. The second kappa shape index (κ2) is 4.60. The Morgan fingerprint density at radius 2 is 2.05 bits per heavy atom. The summed E-state index contributed by atoms with van der Waals surface area (Å²) in [5.41, 5.74) is 8.30. The maximum atomic E-state index is 12.2. The van der Waals surface area contributed by atoms with Gasteiger partial charge in [-0.05, 0) is 43.2 Å². The molecule has 0 aliphatic heterocycles. The number of carbonyl (C=O) groups is 1. The van der Waals surface area contributed by atoms with Crippen molar-refractivity contribution in [3.63, 3.8) is 0 Å². The fourth-order valence-electron chi connectivity index (χ4n) is 3.34. The Kier molecular flexibility index (Phi) is 3.05. The summed E-state index contributed by atoms with van der Waals surface area (Å²) in [4.78, 5) is 12.6. The number of thiocarbonyl (C=S) groups is 1. The molecule has 2 unspecified atom stereocenters. The van der Waals surface area contributed by atoms with Crippen LogP contribution in [0.3, 0.4) is 0 Å². The first-order chi connectivity index (χ1) is 9.08. The van der Waals surface area contributed by atoms with Gasteiger partial charge >= 0.3 is 0 Å². The van der Waals surface area contributed by atoms with Crippen LogP contribution in [0.4, 0.5) is 5.69 Å². The van der Waals surface area contributed by atoms with E-state index in [2.05, 4.69) is 5.32 Å². The molecule has 2 aliphatic carbocycles. The molecule has 3 nitrogen and oxygen atoms in total. The zero-order chi connectivity index (χ0) is 13.6. The van der Waals surface area contributed by atoms with E-state index in [4.69, 9.17) is 18.0 Å². The van der Waals surface area contributed by atoms with Crippen molar-refractivity contribution in [2.75, 3.05) is 5.32 Å². The highest BCUT2D eigenvalue weighted by Crippen LogP contribution is 2.57. The molecule has 0 radical (unpaired) electrons. The number of amides is 1. The van der Waals surface area contributed by atoms with Crippen LogP contribution in [-0.4, -0.2) is 10.9 Å². The second-order valence-corrected chi connectivity index (χ2v) is 6.11. The number of anilines is 1. The third-order valence-electron chi connectivity index (χ3n) is 4.49. The summed E-state index contributed by atoms with van der Waals surface area (Å²) in [5.74, 6) is 1.68. The van der Waals surface area contributed by atoms with Crippen LogP contribution in [0.5, 0.6) is 0 Å². The van der Waals surface area contributed by atoms with Gasteiger partial charge in [0, 0.05) is 17.2 Å². The van der Waals surface area contributed by atoms with Crippen molar-refractivity contribution in [1.82, 2.24) is 0 Å².